The molecule has 7 heteroatoms. The molecule has 6 nitrogen and oxygen atoms in total. The van der Waals surface area contributed by atoms with Crippen LogP contribution in [0.15, 0.2) is 24.3 Å². The van der Waals surface area contributed by atoms with Crippen LogP contribution in [0.25, 0.3) is 10.2 Å². The lowest BCUT2D eigenvalue weighted by Gasteiger charge is -2.29. The second-order valence-corrected chi connectivity index (χ2v) is 8.27. The van der Waals surface area contributed by atoms with E-state index in [0.29, 0.717) is 32.9 Å². The van der Waals surface area contributed by atoms with Gasteiger partial charge in [-0.3, -0.25) is 4.79 Å². The summed E-state index contributed by atoms with van der Waals surface area (Å²) in [4.78, 5) is 20.6. The van der Waals surface area contributed by atoms with Gasteiger partial charge < -0.3 is 16.4 Å². The highest BCUT2D eigenvalue weighted by Crippen LogP contribution is 2.42. The number of benzene rings is 1. The summed E-state index contributed by atoms with van der Waals surface area (Å²) in [6.45, 7) is 4.61. The number of carbonyl (C=O) groups excluding carboxylic acids is 1. The molecule has 1 aliphatic heterocycles. The van der Waals surface area contributed by atoms with Crippen LogP contribution >= 0.6 is 11.3 Å². The molecule has 0 aliphatic carbocycles. The van der Waals surface area contributed by atoms with Gasteiger partial charge >= 0.3 is 0 Å². The van der Waals surface area contributed by atoms with Gasteiger partial charge in [-0.25, -0.2) is 4.98 Å². The van der Waals surface area contributed by atoms with E-state index in [1.165, 1.54) is 16.9 Å². The van der Waals surface area contributed by atoms with Crippen molar-refractivity contribution < 1.29 is 4.79 Å². The number of hydrogen-bond donors (Lipinski definition) is 2. The summed E-state index contributed by atoms with van der Waals surface area (Å²) in [5.41, 5.74) is 16.1. The highest BCUT2D eigenvalue weighted by atomic mass is 32.1. The van der Waals surface area contributed by atoms with E-state index in [4.69, 9.17) is 11.5 Å². The number of carbonyl (C=O) groups is 1. The predicted molar refractivity (Wildman–Crippen MR) is 114 cm³/mol. The SMILES string of the molecule is CC(C)c1c(C#N)c(N)nc2sc(C(=O)N3CCCc4ccccc43)c(N)c12. The van der Waals surface area contributed by atoms with Crippen molar-refractivity contribution >= 4 is 44.7 Å². The Balaban J connectivity index is 1.90. The summed E-state index contributed by atoms with van der Waals surface area (Å²) < 4.78 is 0. The molecule has 0 bridgehead atoms. The molecule has 1 aromatic carbocycles. The summed E-state index contributed by atoms with van der Waals surface area (Å²) in [6.07, 6.45) is 1.87. The average Bonchev–Trinajstić information content (AvgIpc) is 3.01. The molecule has 1 aliphatic rings. The van der Waals surface area contributed by atoms with Crippen LogP contribution in [0.1, 0.15) is 52.5 Å². The molecule has 1 amide bonds. The average molecular weight is 392 g/mol. The number of nitrogens with zero attached hydrogens (tertiary/aromatic N) is 3. The maximum absolute atomic E-state index is 13.4. The van der Waals surface area contributed by atoms with Crippen molar-refractivity contribution in [1.82, 2.24) is 4.98 Å². The van der Waals surface area contributed by atoms with Crippen LogP contribution in [0.4, 0.5) is 17.2 Å². The lowest BCUT2D eigenvalue weighted by molar-refractivity contribution is 0.0990. The van der Waals surface area contributed by atoms with Crippen LogP contribution < -0.4 is 16.4 Å². The first-order valence-corrected chi connectivity index (χ1v) is 10.1. The number of nitrogen functional groups attached to an aromatic ring is 2. The molecule has 0 radical (unpaired) electrons. The number of aryl methyl sites for hydroxylation is 1. The number of aromatic nitrogens is 1. The van der Waals surface area contributed by atoms with Crippen LogP contribution in [-0.4, -0.2) is 17.4 Å². The zero-order valence-electron chi connectivity index (χ0n) is 15.8. The van der Waals surface area contributed by atoms with Crippen molar-refractivity contribution in [3.63, 3.8) is 0 Å². The van der Waals surface area contributed by atoms with Gasteiger partial charge in [-0.1, -0.05) is 32.0 Å². The number of amides is 1. The summed E-state index contributed by atoms with van der Waals surface area (Å²) in [6, 6.07) is 10.1. The number of para-hydroxylation sites is 1. The first-order chi connectivity index (χ1) is 13.4. The van der Waals surface area contributed by atoms with Crippen LogP contribution in [0.2, 0.25) is 0 Å². The molecule has 4 rings (SSSR count). The third-order valence-corrected chi connectivity index (χ3v) is 6.27. The van der Waals surface area contributed by atoms with Crippen LogP contribution in [-0.2, 0) is 6.42 Å². The fourth-order valence-electron chi connectivity index (χ4n) is 3.92. The quantitative estimate of drug-likeness (QED) is 0.685. The summed E-state index contributed by atoms with van der Waals surface area (Å²) >= 11 is 1.25. The number of nitrogens with two attached hydrogens (primary N) is 2. The van der Waals surface area contributed by atoms with Crippen molar-refractivity contribution in [1.29, 1.82) is 5.26 Å². The van der Waals surface area contributed by atoms with Crippen molar-refractivity contribution in [2.45, 2.75) is 32.6 Å². The fraction of sp³-hybridized carbons (Fsp3) is 0.286. The largest absolute Gasteiger partial charge is 0.397 e. The number of nitriles is 1. The summed E-state index contributed by atoms with van der Waals surface area (Å²) in [5, 5.41) is 10.2. The first-order valence-electron chi connectivity index (χ1n) is 9.25. The first kappa shape index (κ1) is 18.3. The molecule has 4 N–H and O–H groups in total. The van der Waals surface area contributed by atoms with Gasteiger partial charge in [0.1, 0.15) is 21.6 Å². The van der Waals surface area contributed by atoms with Crippen molar-refractivity contribution in [3.8, 4) is 6.07 Å². The Hall–Kier alpha value is -3.11. The van der Waals surface area contributed by atoms with Crippen LogP contribution in [0.3, 0.4) is 0 Å². The standard InChI is InChI=1S/C21H21N5OS/c1-11(2)15-13(10-22)19(24)25-20-16(15)17(23)18(28-20)21(27)26-9-5-7-12-6-3-4-8-14(12)26/h3-4,6,8,11H,5,7,9,23H2,1-2H3,(H2,24,25). The Kier molecular flexibility index (Phi) is 4.44. The number of pyridine rings is 1. The van der Waals surface area contributed by atoms with Crippen molar-refractivity contribution in [2.24, 2.45) is 0 Å². The lowest BCUT2D eigenvalue weighted by atomic mass is 9.94. The Morgan fingerprint density at radius 3 is 2.79 bits per heavy atom. The predicted octanol–water partition coefficient (Wildman–Crippen LogP) is 4.05. The molecule has 3 heterocycles. The number of rotatable bonds is 2. The van der Waals surface area contributed by atoms with Gasteiger partial charge in [-0.15, -0.1) is 11.3 Å². The zero-order valence-corrected chi connectivity index (χ0v) is 16.6. The number of anilines is 3. The zero-order chi connectivity index (χ0) is 20.0. The highest BCUT2D eigenvalue weighted by Gasteiger charge is 2.29. The minimum atomic E-state index is -0.126. The molecule has 28 heavy (non-hydrogen) atoms. The minimum absolute atomic E-state index is 0.0259. The molecular formula is C21H21N5OS. The van der Waals surface area contributed by atoms with Gasteiger partial charge in [0.25, 0.3) is 5.91 Å². The number of fused-ring (bicyclic) bond motifs is 2. The smallest absolute Gasteiger partial charge is 0.270 e. The van der Waals surface area contributed by atoms with E-state index in [-0.39, 0.29) is 17.6 Å². The highest BCUT2D eigenvalue weighted by molar-refractivity contribution is 7.21. The topological polar surface area (TPSA) is 109 Å². The van der Waals surface area contributed by atoms with Gasteiger partial charge in [0.05, 0.1) is 11.3 Å². The second-order valence-electron chi connectivity index (χ2n) is 7.27. The van der Waals surface area contributed by atoms with E-state index in [1.807, 2.05) is 32.0 Å². The molecular weight excluding hydrogens is 370 g/mol. The van der Waals surface area contributed by atoms with Gasteiger partial charge in [0, 0.05) is 17.6 Å². The van der Waals surface area contributed by atoms with E-state index in [1.54, 1.807) is 4.90 Å². The normalized spacial score (nSPS) is 13.6. The number of thiophene rings is 1. The minimum Gasteiger partial charge on any atom is -0.397 e. The van der Waals surface area contributed by atoms with Gasteiger partial charge in [0.2, 0.25) is 0 Å². The lowest BCUT2D eigenvalue weighted by Crippen LogP contribution is -2.35. The molecule has 2 aromatic heterocycles. The van der Waals surface area contributed by atoms with E-state index in [2.05, 4.69) is 17.1 Å². The molecule has 0 fully saturated rings. The van der Waals surface area contributed by atoms with E-state index in [0.717, 1.165) is 24.1 Å². The van der Waals surface area contributed by atoms with Gasteiger partial charge in [-0.05, 0) is 36.0 Å². The molecule has 0 atom stereocenters. The molecule has 0 unspecified atom stereocenters. The van der Waals surface area contributed by atoms with E-state index >= 15 is 0 Å². The fourth-order valence-corrected chi connectivity index (χ4v) is 4.99. The molecule has 0 spiro atoms. The second kappa shape index (κ2) is 6.80. The van der Waals surface area contributed by atoms with Crippen LogP contribution in [0, 0.1) is 11.3 Å². The van der Waals surface area contributed by atoms with E-state index < -0.39 is 0 Å². The molecule has 0 saturated heterocycles. The maximum atomic E-state index is 13.4. The van der Waals surface area contributed by atoms with Crippen molar-refractivity contribution in [3.05, 3.63) is 45.8 Å². The van der Waals surface area contributed by atoms with Crippen LogP contribution in [0.5, 0.6) is 0 Å². The Morgan fingerprint density at radius 2 is 2.07 bits per heavy atom. The molecule has 3 aromatic rings. The van der Waals surface area contributed by atoms with E-state index in [9.17, 15) is 10.1 Å². The molecule has 0 saturated carbocycles. The summed E-state index contributed by atoms with van der Waals surface area (Å²) in [7, 11) is 0. The monoisotopic (exact) mass is 391 g/mol. The Labute approximate surface area is 167 Å². The number of hydrogen-bond acceptors (Lipinski definition) is 6. The van der Waals surface area contributed by atoms with Crippen molar-refractivity contribution in [2.75, 3.05) is 22.9 Å². The summed E-state index contributed by atoms with van der Waals surface area (Å²) in [5.74, 6) is 0.0831. The Morgan fingerprint density at radius 1 is 1.32 bits per heavy atom. The molecule has 142 valence electrons. The van der Waals surface area contributed by atoms with Gasteiger partial charge in [0.15, 0.2) is 0 Å². The Bertz CT molecular complexity index is 1140. The maximum Gasteiger partial charge on any atom is 0.270 e. The van der Waals surface area contributed by atoms with Gasteiger partial charge in [-0.2, -0.15) is 5.26 Å². The third kappa shape index (κ3) is 2.69. The third-order valence-electron chi connectivity index (χ3n) is 5.18.